The van der Waals surface area contributed by atoms with E-state index < -0.39 is 22.0 Å². The Morgan fingerprint density at radius 1 is 1.15 bits per heavy atom. The molecular formula is C19H18ClN3O3S. The van der Waals surface area contributed by atoms with E-state index in [0.29, 0.717) is 17.1 Å². The lowest BCUT2D eigenvalue weighted by Gasteiger charge is -2.17. The van der Waals surface area contributed by atoms with Gasteiger partial charge in [0.15, 0.2) is 0 Å². The van der Waals surface area contributed by atoms with Gasteiger partial charge in [-0.05, 0) is 55.0 Å². The number of carbonyl (C=O) groups is 1. The molecule has 1 heterocycles. The lowest BCUT2D eigenvalue weighted by Crippen LogP contribution is -2.43. The van der Waals surface area contributed by atoms with Crippen molar-refractivity contribution in [2.75, 3.05) is 5.32 Å². The lowest BCUT2D eigenvalue weighted by atomic mass is 10.2. The van der Waals surface area contributed by atoms with Gasteiger partial charge in [-0.3, -0.25) is 9.78 Å². The fourth-order valence-corrected chi connectivity index (χ4v) is 3.98. The Balaban J connectivity index is 1.75. The van der Waals surface area contributed by atoms with E-state index in [9.17, 15) is 13.2 Å². The Hall–Kier alpha value is -2.48. The van der Waals surface area contributed by atoms with E-state index in [1.807, 2.05) is 12.1 Å². The maximum absolute atomic E-state index is 12.6. The summed E-state index contributed by atoms with van der Waals surface area (Å²) < 4.78 is 27.4. The molecule has 0 bridgehead atoms. The predicted octanol–water partition coefficient (Wildman–Crippen LogP) is 3.58. The average Bonchev–Trinajstić information content (AvgIpc) is 2.66. The molecule has 1 amide bonds. The molecule has 3 rings (SSSR count). The quantitative estimate of drug-likeness (QED) is 0.658. The van der Waals surface area contributed by atoms with E-state index in [1.165, 1.54) is 24.3 Å². The van der Waals surface area contributed by atoms with E-state index in [1.54, 1.807) is 31.3 Å². The average molecular weight is 404 g/mol. The van der Waals surface area contributed by atoms with Crippen molar-refractivity contribution < 1.29 is 13.2 Å². The van der Waals surface area contributed by atoms with Crippen LogP contribution in [0.3, 0.4) is 0 Å². The van der Waals surface area contributed by atoms with Crippen LogP contribution in [-0.4, -0.2) is 25.4 Å². The van der Waals surface area contributed by atoms with E-state index >= 15 is 0 Å². The van der Waals surface area contributed by atoms with Crippen LogP contribution in [0.5, 0.6) is 0 Å². The summed E-state index contributed by atoms with van der Waals surface area (Å²) >= 11 is 5.79. The Kier molecular flexibility index (Phi) is 5.74. The number of benzene rings is 2. The van der Waals surface area contributed by atoms with Crippen LogP contribution in [0.4, 0.5) is 5.69 Å². The molecule has 1 aromatic heterocycles. The monoisotopic (exact) mass is 403 g/mol. The minimum Gasteiger partial charge on any atom is -0.325 e. The SMILES string of the molecule is CCC(NS(=O)(=O)c1ccc(Cl)cc1)C(=O)Nc1ccc2ncccc2c1. The second-order valence-corrected chi connectivity index (χ2v) is 8.09. The molecule has 3 aromatic rings. The van der Waals surface area contributed by atoms with Crippen LogP contribution in [0.25, 0.3) is 10.9 Å². The molecule has 2 aromatic carbocycles. The number of nitrogens with zero attached hydrogens (tertiary/aromatic N) is 1. The highest BCUT2D eigenvalue weighted by molar-refractivity contribution is 7.89. The van der Waals surface area contributed by atoms with Gasteiger partial charge in [-0.2, -0.15) is 4.72 Å². The fraction of sp³-hybridized carbons (Fsp3) is 0.158. The third-order valence-electron chi connectivity index (χ3n) is 4.02. The first-order valence-electron chi connectivity index (χ1n) is 8.32. The van der Waals surface area contributed by atoms with Crippen molar-refractivity contribution in [3.8, 4) is 0 Å². The van der Waals surface area contributed by atoms with Gasteiger partial charge in [0.2, 0.25) is 15.9 Å². The molecule has 0 radical (unpaired) electrons. The van der Waals surface area contributed by atoms with Crippen LogP contribution >= 0.6 is 11.6 Å². The summed E-state index contributed by atoms with van der Waals surface area (Å²) in [6.07, 6.45) is 1.99. The van der Waals surface area contributed by atoms with Gasteiger partial charge in [0.05, 0.1) is 10.4 Å². The maximum atomic E-state index is 12.6. The minimum atomic E-state index is -3.84. The largest absolute Gasteiger partial charge is 0.325 e. The van der Waals surface area contributed by atoms with E-state index in [0.717, 1.165) is 10.9 Å². The van der Waals surface area contributed by atoms with Crippen LogP contribution in [0.2, 0.25) is 5.02 Å². The van der Waals surface area contributed by atoms with Gasteiger partial charge in [0.25, 0.3) is 0 Å². The normalized spacial score (nSPS) is 12.7. The number of hydrogen-bond acceptors (Lipinski definition) is 4. The zero-order chi connectivity index (χ0) is 19.4. The Morgan fingerprint density at radius 2 is 1.89 bits per heavy atom. The molecule has 2 N–H and O–H groups in total. The molecule has 0 saturated heterocycles. The van der Waals surface area contributed by atoms with Crippen LogP contribution in [-0.2, 0) is 14.8 Å². The third-order valence-corrected chi connectivity index (χ3v) is 5.76. The first-order valence-corrected chi connectivity index (χ1v) is 10.2. The maximum Gasteiger partial charge on any atom is 0.242 e. The van der Waals surface area contributed by atoms with E-state index in [4.69, 9.17) is 11.6 Å². The van der Waals surface area contributed by atoms with E-state index in [-0.39, 0.29) is 4.90 Å². The van der Waals surface area contributed by atoms with Crippen molar-refractivity contribution in [1.29, 1.82) is 0 Å². The van der Waals surface area contributed by atoms with Crippen molar-refractivity contribution in [1.82, 2.24) is 9.71 Å². The number of fused-ring (bicyclic) bond motifs is 1. The molecular weight excluding hydrogens is 386 g/mol. The summed E-state index contributed by atoms with van der Waals surface area (Å²) in [5.74, 6) is -0.432. The summed E-state index contributed by atoms with van der Waals surface area (Å²) in [5.41, 5.74) is 1.38. The first-order chi connectivity index (χ1) is 12.9. The number of pyridine rings is 1. The van der Waals surface area contributed by atoms with Crippen LogP contribution < -0.4 is 10.0 Å². The number of hydrogen-bond donors (Lipinski definition) is 2. The smallest absolute Gasteiger partial charge is 0.242 e. The zero-order valence-electron chi connectivity index (χ0n) is 14.5. The van der Waals surface area contributed by atoms with Crippen LogP contribution in [0, 0.1) is 0 Å². The van der Waals surface area contributed by atoms with Crippen molar-refractivity contribution in [3.63, 3.8) is 0 Å². The van der Waals surface area contributed by atoms with Crippen molar-refractivity contribution in [2.24, 2.45) is 0 Å². The van der Waals surface area contributed by atoms with Crippen LogP contribution in [0.1, 0.15) is 13.3 Å². The van der Waals surface area contributed by atoms with Crippen molar-refractivity contribution >= 4 is 44.1 Å². The summed E-state index contributed by atoms with van der Waals surface area (Å²) in [6, 6.07) is 13.9. The molecule has 6 nitrogen and oxygen atoms in total. The molecule has 27 heavy (non-hydrogen) atoms. The highest BCUT2D eigenvalue weighted by Crippen LogP contribution is 2.18. The summed E-state index contributed by atoms with van der Waals surface area (Å²) in [6.45, 7) is 1.74. The van der Waals surface area contributed by atoms with E-state index in [2.05, 4.69) is 15.0 Å². The fourth-order valence-electron chi connectivity index (χ4n) is 2.57. The van der Waals surface area contributed by atoms with Gasteiger partial charge < -0.3 is 5.32 Å². The number of nitrogens with one attached hydrogen (secondary N) is 2. The number of rotatable bonds is 6. The van der Waals surface area contributed by atoms with Gasteiger partial charge in [0, 0.05) is 22.3 Å². The molecule has 0 spiro atoms. The number of anilines is 1. The molecule has 0 aliphatic heterocycles. The minimum absolute atomic E-state index is 0.0509. The molecule has 0 aliphatic carbocycles. The second kappa shape index (κ2) is 8.04. The molecule has 0 aliphatic rings. The topological polar surface area (TPSA) is 88.2 Å². The highest BCUT2D eigenvalue weighted by Gasteiger charge is 2.24. The molecule has 8 heteroatoms. The number of sulfonamides is 1. The molecule has 0 fully saturated rings. The first kappa shape index (κ1) is 19.3. The molecule has 1 atom stereocenters. The number of carbonyl (C=O) groups excluding carboxylic acids is 1. The van der Waals surface area contributed by atoms with Crippen LogP contribution in [0.15, 0.2) is 65.7 Å². The van der Waals surface area contributed by atoms with Gasteiger partial charge in [0.1, 0.15) is 6.04 Å². The summed E-state index contributed by atoms with van der Waals surface area (Å²) in [5, 5.41) is 4.07. The van der Waals surface area contributed by atoms with Gasteiger partial charge in [-0.1, -0.05) is 24.6 Å². The Morgan fingerprint density at radius 3 is 2.59 bits per heavy atom. The van der Waals surface area contributed by atoms with Gasteiger partial charge in [-0.25, -0.2) is 8.42 Å². The third kappa shape index (κ3) is 4.63. The lowest BCUT2D eigenvalue weighted by molar-refractivity contribution is -0.117. The standard InChI is InChI=1S/C19H18ClN3O3S/c1-2-17(23-27(25,26)16-8-5-14(20)6-9-16)19(24)22-15-7-10-18-13(12-15)4-3-11-21-18/h3-12,17,23H,2H2,1H3,(H,22,24). The number of aromatic nitrogens is 1. The molecule has 0 saturated carbocycles. The van der Waals surface area contributed by atoms with Crippen molar-refractivity contribution in [2.45, 2.75) is 24.3 Å². The number of amides is 1. The van der Waals surface area contributed by atoms with Gasteiger partial charge in [-0.15, -0.1) is 0 Å². The van der Waals surface area contributed by atoms with Crippen molar-refractivity contribution in [3.05, 3.63) is 65.8 Å². The Bertz CT molecular complexity index is 1070. The second-order valence-electron chi connectivity index (χ2n) is 5.94. The predicted molar refractivity (Wildman–Crippen MR) is 106 cm³/mol. The number of halogens is 1. The summed E-state index contributed by atoms with van der Waals surface area (Å²) in [7, 11) is -3.84. The summed E-state index contributed by atoms with van der Waals surface area (Å²) in [4.78, 5) is 16.8. The zero-order valence-corrected chi connectivity index (χ0v) is 16.1. The molecule has 140 valence electrons. The molecule has 1 unspecified atom stereocenters. The highest BCUT2D eigenvalue weighted by atomic mass is 35.5. The Labute approximate surface area is 162 Å². The van der Waals surface area contributed by atoms with Gasteiger partial charge >= 0.3 is 0 Å².